The number of primary amides is 1. The van der Waals surface area contributed by atoms with Crippen LogP contribution in [0.25, 0.3) is 10.8 Å². The molecule has 0 aliphatic carbocycles. The number of benzene rings is 2. The summed E-state index contributed by atoms with van der Waals surface area (Å²) in [5.74, 6) is 0.230. The van der Waals surface area contributed by atoms with Crippen LogP contribution in [0.15, 0.2) is 36.4 Å². The maximum Gasteiger partial charge on any atom is 0.258 e. The molecule has 0 aromatic heterocycles. The van der Waals surface area contributed by atoms with Gasteiger partial charge in [0.1, 0.15) is 11.5 Å². The molecule has 0 saturated carbocycles. The predicted octanol–water partition coefficient (Wildman–Crippen LogP) is 1.80. The summed E-state index contributed by atoms with van der Waals surface area (Å²) in [5, 5.41) is 11.2. The van der Waals surface area contributed by atoms with Crippen LogP contribution in [0.5, 0.6) is 11.5 Å². The van der Waals surface area contributed by atoms with Gasteiger partial charge in [0.05, 0.1) is 0 Å². The first kappa shape index (κ1) is 11.3. The number of hydrogen-bond donors (Lipinski definition) is 2. The zero-order valence-corrected chi connectivity index (χ0v) is 9.38. The molecule has 0 fully saturated rings. The van der Waals surface area contributed by atoms with Crippen molar-refractivity contribution >= 4 is 16.7 Å². The van der Waals surface area contributed by atoms with Gasteiger partial charge in [-0.2, -0.15) is 0 Å². The van der Waals surface area contributed by atoms with E-state index in [1.54, 1.807) is 31.2 Å². The summed E-state index contributed by atoms with van der Waals surface area (Å²) in [5.41, 5.74) is 5.12. The van der Waals surface area contributed by atoms with Gasteiger partial charge in [-0.3, -0.25) is 4.79 Å². The summed E-state index contributed by atoms with van der Waals surface area (Å²) in [4.78, 5) is 10.9. The predicted molar refractivity (Wildman–Crippen MR) is 64.9 cm³/mol. The molecule has 0 heterocycles. The molecule has 17 heavy (non-hydrogen) atoms. The lowest BCUT2D eigenvalue weighted by Gasteiger charge is -2.11. The van der Waals surface area contributed by atoms with E-state index in [0.29, 0.717) is 5.75 Å². The van der Waals surface area contributed by atoms with Gasteiger partial charge in [-0.15, -0.1) is 0 Å². The molecular weight excluding hydrogens is 218 g/mol. The molecule has 0 radical (unpaired) electrons. The van der Waals surface area contributed by atoms with E-state index in [1.165, 1.54) is 0 Å². The van der Waals surface area contributed by atoms with E-state index < -0.39 is 12.0 Å². The number of carbonyl (C=O) groups is 1. The lowest BCUT2D eigenvalue weighted by Crippen LogP contribution is -2.30. The molecule has 4 nitrogen and oxygen atoms in total. The minimum absolute atomic E-state index is 0.192. The number of phenolic OH excluding ortho intramolecular Hbond substituents is 1. The van der Waals surface area contributed by atoms with Crippen LogP contribution in [-0.2, 0) is 4.79 Å². The smallest absolute Gasteiger partial charge is 0.258 e. The van der Waals surface area contributed by atoms with Crippen LogP contribution < -0.4 is 10.5 Å². The molecule has 0 aliphatic heterocycles. The second-order valence-electron chi connectivity index (χ2n) is 3.86. The molecule has 3 N–H and O–H groups in total. The highest BCUT2D eigenvalue weighted by Gasteiger charge is 2.10. The van der Waals surface area contributed by atoms with E-state index >= 15 is 0 Å². The molecule has 0 bridgehead atoms. The number of aromatic hydroxyl groups is 1. The monoisotopic (exact) mass is 231 g/mol. The Morgan fingerprint density at radius 1 is 1.24 bits per heavy atom. The molecule has 4 heteroatoms. The number of nitrogens with two attached hydrogens (primary N) is 1. The van der Waals surface area contributed by atoms with Crippen LogP contribution in [-0.4, -0.2) is 17.1 Å². The van der Waals surface area contributed by atoms with Crippen molar-refractivity contribution < 1.29 is 14.6 Å². The molecule has 1 atom stereocenters. The number of carbonyl (C=O) groups excluding carboxylic acids is 1. The number of fused-ring (bicyclic) bond motifs is 1. The Hall–Kier alpha value is -2.23. The standard InChI is InChI=1S/C13H13NO3/c1-8(13(14)16)17-12-5-3-9-2-4-11(15)6-10(9)7-12/h2-8,15H,1H3,(H2,14,16). The lowest BCUT2D eigenvalue weighted by molar-refractivity contribution is -0.123. The van der Waals surface area contributed by atoms with E-state index in [4.69, 9.17) is 10.5 Å². The Morgan fingerprint density at radius 2 is 1.94 bits per heavy atom. The molecule has 0 aliphatic rings. The van der Waals surface area contributed by atoms with Crippen molar-refractivity contribution in [2.75, 3.05) is 0 Å². The summed E-state index contributed by atoms with van der Waals surface area (Å²) >= 11 is 0. The quantitative estimate of drug-likeness (QED) is 0.845. The van der Waals surface area contributed by atoms with Crippen LogP contribution in [0, 0.1) is 0 Å². The van der Waals surface area contributed by atoms with E-state index in [2.05, 4.69) is 0 Å². The molecule has 0 spiro atoms. The normalized spacial score (nSPS) is 12.3. The van der Waals surface area contributed by atoms with Gasteiger partial charge in [0, 0.05) is 0 Å². The number of amides is 1. The van der Waals surface area contributed by atoms with Gasteiger partial charge in [-0.25, -0.2) is 0 Å². The Balaban J connectivity index is 2.33. The van der Waals surface area contributed by atoms with Crippen LogP contribution in [0.2, 0.25) is 0 Å². The Labute approximate surface area is 98.6 Å². The van der Waals surface area contributed by atoms with Gasteiger partial charge < -0.3 is 15.6 Å². The van der Waals surface area contributed by atoms with Crippen LogP contribution in [0.3, 0.4) is 0 Å². The van der Waals surface area contributed by atoms with Crippen LogP contribution in [0.1, 0.15) is 6.92 Å². The fourth-order valence-electron chi connectivity index (χ4n) is 1.55. The summed E-state index contributed by atoms with van der Waals surface area (Å²) < 4.78 is 5.37. The second-order valence-corrected chi connectivity index (χ2v) is 3.86. The largest absolute Gasteiger partial charge is 0.508 e. The van der Waals surface area contributed by atoms with Gasteiger partial charge >= 0.3 is 0 Å². The molecule has 88 valence electrons. The zero-order valence-electron chi connectivity index (χ0n) is 9.38. The SMILES string of the molecule is CC(Oc1ccc2ccc(O)cc2c1)C(N)=O. The van der Waals surface area contributed by atoms with E-state index in [9.17, 15) is 9.90 Å². The Morgan fingerprint density at radius 3 is 2.65 bits per heavy atom. The van der Waals surface area contributed by atoms with Gasteiger partial charge in [-0.05, 0) is 42.0 Å². The molecule has 2 rings (SSSR count). The topological polar surface area (TPSA) is 72.6 Å². The Kier molecular flexibility index (Phi) is 2.87. The first-order valence-corrected chi connectivity index (χ1v) is 5.25. The average Bonchev–Trinajstić information content (AvgIpc) is 2.28. The zero-order chi connectivity index (χ0) is 12.4. The van der Waals surface area contributed by atoms with Crippen molar-refractivity contribution in [3.8, 4) is 11.5 Å². The maximum absolute atomic E-state index is 10.9. The van der Waals surface area contributed by atoms with Crippen molar-refractivity contribution in [3.63, 3.8) is 0 Å². The van der Waals surface area contributed by atoms with Crippen LogP contribution >= 0.6 is 0 Å². The third-order valence-corrected chi connectivity index (χ3v) is 2.51. The fraction of sp³-hybridized carbons (Fsp3) is 0.154. The molecule has 1 amide bonds. The first-order chi connectivity index (χ1) is 8.06. The minimum atomic E-state index is -0.676. The molecule has 0 saturated heterocycles. The summed E-state index contributed by atoms with van der Waals surface area (Å²) in [6, 6.07) is 10.4. The summed E-state index contributed by atoms with van der Waals surface area (Å²) in [6.45, 7) is 1.59. The molecule has 1 unspecified atom stereocenters. The van der Waals surface area contributed by atoms with Gasteiger partial charge in [-0.1, -0.05) is 12.1 Å². The third kappa shape index (κ3) is 2.47. The van der Waals surface area contributed by atoms with E-state index in [0.717, 1.165) is 10.8 Å². The van der Waals surface area contributed by atoms with Gasteiger partial charge in [0.15, 0.2) is 6.10 Å². The lowest BCUT2D eigenvalue weighted by atomic mass is 10.1. The highest BCUT2D eigenvalue weighted by atomic mass is 16.5. The molecular formula is C13H13NO3. The van der Waals surface area contributed by atoms with Crippen molar-refractivity contribution in [3.05, 3.63) is 36.4 Å². The fourth-order valence-corrected chi connectivity index (χ4v) is 1.55. The first-order valence-electron chi connectivity index (χ1n) is 5.25. The number of ether oxygens (including phenoxy) is 1. The summed E-state index contributed by atoms with van der Waals surface area (Å²) in [7, 11) is 0. The van der Waals surface area contributed by atoms with E-state index in [1.807, 2.05) is 12.1 Å². The number of phenols is 1. The highest BCUT2D eigenvalue weighted by molar-refractivity contribution is 5.85. The average molecular weight is 231 g/mol. The van der Waals surface area contributed by atoms with Crippen molar-refractivity contribution in [2.24, 2.45) is 5.73 Å². The van der Waals surface area contributed by atoms with Gasteiger partial charge in [0.2, 0.25) is 0 Å². The van der Waals surface area contributed by atoms with E-state index in [-0.39, 0.29) is 5.75 Å². The third-order valence-electron chi connectivity index (χ3n) is 2.51. The van der Waals surface area contributed by atoms with Crippen molar-refractivity contribution in [1.82, 2.24) is 0 Å². The Bertz CT molecular complexity index is 566. The molecule has 2 aromatic rings. The molecule has 2 aromatic carbocycles. The number of rotatable bonds is 3. The van der Waals surface area contributed by atoms with Crippen LogP contribution in [0.4, 0.5) is 0 Å². The minimum Gasteiger partial charge on any atom is -0.508 e. The summed E-state index contributed by atoms with van der Waals surface area (Å²) in [6.07, 6.45) is -0.676. The maximum atomic E-state index is 10.9. The van der Waals surface area contributed by atoms with Crippen molar-refractivity contribution in [1.29, 1.82) is 0 Å². The second kappa shape index (κ2) is 4.33. The van der Waals surface area contributed by atoms with Crippen molar-refractivity contribution in [2.45, 2.75) is 13.0 Å². The highest BCUT2D eigenvalue weighted by Crippen LogP contribution is 2.24. The number of hydrogen-bond acceptors (Lipinski definition) is 3. The van der Waals surface area contributed by atoms with Gasteiger partial charge in [0.25, 0.3) is 5.91 Å².